The summed E-state index contributed by atoms with van der Waals surface area (Å²) < 4.78 is 10.3. The van der Waals surface area contributed by atoms with Gasteiger partial charge in [0.15, 0.2) is 0 Å². The predicted octanol–water partition coefficient (Wildman–Crippen LogP) is 0.486. The third-order valence-corrected chi connectivity index (χ3v) is 3.36. The second kappa shape index (κ2) is 6.05. The lowest BCUT2D eigenvalue weighted by Crippen LogP contribution is -2.35. The van der Waals surface area contributed by atoms with Gasteiger partial charge in [0.2, 0.25) is 5.91 Å². The molecule has 8 heteroatoms. The van der Waals surface area contributed by atoms with E-state index < -0.39 is 13.1 Å². The molecule has 1 aromatic carbocycles. The van der Waals surface area contributed by atoms with E-state index in [2.05, 4.69) is 5.32 Å². The average Bonchev–Trinajstić information content (AvgIpc) is 2.42. The van der Waals surface area contributed by atoms with E-state index in [1.807, 2.05) is 0 Å². The van der Waals surface area contributed by atoms with Crippen molar-refractivity contribution in [1.29, 1.82) is 0 Å². The van der Waals surface area contributed by atoms with E-state index in [4.69, 9.17) is 9.39 Å². The number of aromatic carboxylic acids is 1. The van der Waals surface area contributed by atoms with Crippen molar-refractivity contribution in [2.45, 2.75) is 19.2 Å². The van der Waals surface area contributed by atoms with E-state index in [9.17, 15) is 19.7 Å². The fourth-order valence-electron chi connectivity index (χ4n) is 2.42. The number of carbonyl (C=O) groups excluding carboxylic acids is 1. The number of carboxylic acids is 1. The number of hydrogen-bond acceptors (Lipinski definition) is 5. The maximum atomic E-state index is 11.4. The Morgan fingerprint density at radius 2 is 2.24 bits per heavy atom. The van der Waals surface area contributed by atoms with Crippen molar-refractivity contribution in [3.63, 3.8) is 0 Å². The van der Waals surface area contributed by atoms with Gasteiger partial charge in [0, 0.05) is 25.7 Å². The first kappa shape index (κ1) is 15.2. The average molecular weight is 293 g/mol. The highest BCUT2D eigenvalue weighted by Gasteiger charge is 2.35. The summed E-state index contributed by atoms with van der Waals surface area (Å²) in [5.41, 5.74) is 0.508. The molecule has 7 nitrogen and oxygen atoms in total. The monoisotopic (exact) mass is 293 g/mol. The third-order valence-electron chi connectivity index (χ3n) is 3.36. The van der Waals surface area contributed by atoms with Gasteiger partial charge < -0.3 is 24.8 Å². The van der Waals surface area contributed by atoms with E-state index in [0.29, 0.717) is 12.1 Å². The molecular formula is C13H16BNO6. The first-order valence-corrected chi connectivity index (χ1v) is 6.47. The second-order valence-electron chi connectivity index (χ2n) is 4.81. The highest BCUT2D eigenvalue weighted by molar-refractivity contribution is 6.44. The van der Waals surface area contributed by atoms with Crippen LogP contribution < -0.4 is 14.7 Å². The molecule has 1 aliphatic heterocycles. The Hall–Kier alpha value is -2.22. The van der Waals surface area contributed by atoms with Crippen molar-refractivity contribution >= 4 is 19.0 Å². The standard InChI is InChI=1S/C13H16BNO6/c1-7(16)15-6-8-5-14(19)21-12-9(8)3-4-10(20-2)11(12)13(17)18/h3-4,8,19H,5-6H2,1-2H3,(H,15,16)(H,17,18). The van der Waals surface area contributed by atoms with Crippen molar-refractivity contribution in [3.05, 3.63) is 23.3 Å². The van der Waals surface area contributed by atoms with E-state index in [-0.39, 0.29) is 35.2 Å². The fraction of sp³-hybridized carbons (Fsp3) is 0.385. The Morgan fingerprint density at radius 3 is 2.81 bits per heavy atom. The van der Waals surface area contributed by atoms with Crippen LogP contribution in [0.4, 0.5) is 0 Å². The van der Waals surface area contributed by atoms with E-state index in [1.54, 1.807) is 12.1 Å². The Bertz CT molecular complexity index is 576. The quantitative estimate of drug-likeness (QED) is 0.698. The number of methoxy groups -OCH3 is 1. The molecule has 2 rings (SSSR count). The number of carbonyl (C=O) groups is 2. The topological polar surface area (TPSA) is 105 Å². The molecule has 0 saturated heterocycles. The number of rotatable bonds is 4. The van der Waals surface area contributed by atoms with Crippen LogP contribution >= 0.6 is 0 Å². The van der Waals surface area contributed by atoms with Crippen molar-refractivity contribution in [3.8, 4) is 11.5 Å². The number of benzene rings is 1. The zero-order valence-electron chi connectivity index (χ0n) is 11.8. The van der Waals surface area contributed by atoms with Crippen molar-refractivity contribution < 1.29 is 29.1 Å². The summed E-state index contributed by atoms with van der Waals surface area (Å²) in [6, 6.07) is 3.24. The molecule has 112 valence electrons. The van der Waals surface area contributed by atoms with Gasteiger partial charge in [-0.15, -0.1) is 0 Å². The molecule has 3 N–H and O–H groups in total. The Morgan fingerprint density at radius 1 is 1.52 bits per heavy atom. The Balaban J connectivity index is 2.45. The number of fused-ring (bicyclic) bond motifs is 1. The molecule has 1 aliphatic rings. The number of ether oxygens (including phenoxy) is 1. The van der Waals surface area contributed by atoms with Crippen LogP contribution in [0.3, 0.4) is 0 Å². The lowest BCUT2D eigenvalue weighted by atomic mass is 9.71. The van der Waals surface area contributed by atoms with Gasteiger partial charge in [0.05, 0.1) is 7.11 Å². The summed E-state index contributed by atoms with van der Waals surface area (Å²) in [6.45, 7) is 1.70. The van der Waals surface area contributed by atoms with Crippen LogP contribution in [0.1, 0.15) is 28.8 Å². The minimum atomic E-state index is -1.20. The van der Waals surface area contributed by atoms with Gasteiger partial charge >= 0.3 is 13.1 Å². The number of nitrogens with one attached hydrogen (secondary N) is 1. The molecule has 0 fully saturated rings. The molecule has 0 saturated carbocycles. The lowest BCUT2D eigenvalue weighted by Gasteiger charge is -2.29. The maximum Gasteiger partial charge on any atom is 0.523 e. The van der Waals surface area contributed by atoms with E-state index >= 15 is 0 Å². The SMILES string of the molecule is COc1ccc2c(c1C(=O)O)OB(O)CC2CNC(C)=O. The summed E-state index contributed by atoms with van der Waals surface area (Å²) in [7, 11) is 0.240. The molecular weight excluding hydrogens is 277 g/mol. The third kappa shape index (κ3) is 3.10. The summed E-state index contributed by atoms with van der Waals surface area (Å²) in [6.07, 6.45) is 0.276. The number of hydrogen-bond donors (Lipinski definition) is 3. The summed E-state index contributed by atoms with van der Waals surface area (Å²) >= 11 is 0. The zero-order chi connectivity index (χ0) is 15.6. The van der Waals surface area contributed by atoms with Gasteiger partial charge in [-0.2, -0.15) is 0 Å². The summed E-state index contributed by atoms with van der Waals surface area (Å²) in [5, 5.41) is 21.8. The molecule has 21 heavy (non-hydrogen) atoms. The number of carboxylic acid groups (broad SMARTS) is 1. The van der Waals surface area contributed by atoms with Gasteiger partial charge in [-0.25, -0.2) is 4.79 Å². The van der Waals surface area contributed by atoms with Crippen LogP contribution in [0.25, 0.3) is 0 Å². The highest BCUT2D eigenvalue weighted by atomic mass is 16.5. The number of amides is 1. The zero-order valence-corrected chi connectivity index (χ0v) is 11.8. The van der Waals surface area contributed by atoms with Crippen molar-refractivity contribution in [2.75, 3.05) is 13.7 Å². The first-order chi connectivity index (χ1) is 9.93. The molecule has 1 atom stereocenters. The second-order valence-corrected chi connectivity index (χ2v) is 4.81. The molecule has 0 aromatic heterocycles. The van der Waals surface area contributed by atoms with Gasteiger partial charge in [0.1, 0.15) is 17.1 Å². The van der Waals surface area contributed by atoms with Crippen molar-refractivity contribution in [2.24, 2.45) is 0 Å². The van der Waals surface area contributed by atoms with Gasteiger partial charge in [0.25, 0.3) is 0 Å². The summed E-state index contributed by atoms with van der Waals surface area (Å²) in [5.74, 6) is -1.36. The highest BCUT2D eigenvalue weighted by Crippen LogP contribution is 2.41. The molecule has 0 spiro atoms. The molecule has 0 aliphatic carbocycles. The smallest absolute Gasteiger partial charge is 0.523 e. The van der Waals surface area contributed by atoms with Crippen LogP contribution in [0.15, 0.2) is 12.1 Å². The van der Waals surface area contributed by atoms with E-state index in [0.717, 1.165) is 0 Å². The van der Waals surface area contributed by atoms with Crippen molar-refractivity contribution in [1.82, 2.24) is 5.32 Å². The normalized spacial score (nSPS) is 16.7. The van der Waals surface area contributed by atoms with Crippen LogP contribution in [0.5, 0.6) is 11.5 Å². The van der Waals surface area contributed by atoms with Crippen LogP contribution in [-0.2, 0) is 4.79 Å². The molecule has 0 bridgehead atoms. The lowest BCUT2D eigenvalue weighted by molar-refractivity contribution is -0.119. The minimum Gasteiger partial charge on any atom is -0.535 e. The van der Waals surface area contributed by atoms with Gasteiger partial charge in [-0.3, -0.25) is 4.79 Å². The van der Waals surface area contributed by atoms with Crippen LogP contribution in [0.2, 0.25) is 6.32 Å². The molecule has 1 unspecified atom stereocenters. The molecule has 0 radical (unpaired) electrons. The Labute approximate surface area is 122 Å². The largest absolute Gasteiger partial charge is 0.535 e. The molecule has 1 heterocycles. The maximum absolute atomic E-state index is 11.4. The predicted molar refractivity (Wildman–Crippen MR) is 74.8 cm³/mol. The minimum absolute atomic E-state index is 0.0935. The van der Waals surface area contributed by atoms with E-state index in [1.165, 1.54) is 14.0 Å². The van der Waals surface area contributed by atoms with Gasteiger partial charge in [-0.1, -0.05) is 6.07 Å². The first-order valence-electron chi connectivity index (χ1n) is 6.47. The molecule has 1 aromatic rings. The van der Waals surface area contributed by atoms with Crippen LogP contribution in [-0.4, -0.2) is 42.8 Å². The molecule has 1 amide bonds. The Kier molecular flexibility index (Phi) is 4.37. The van der Waals surface area contributed by atoms with Gasteiger partial charge in [-0.05, 0) is 11.6 Å². The van der Waals surface area contributed by atoms with Crippen LogP contribution in [0, 0.1) is 0 Å². The summed E-state index contributed by atoms with van der Waals surface area (Å²) in [4.78, 5) is 22.5. The fourth-order valence-corrected chi connectivity index (χ4v) is 2.42.